The van der Waals surface area contributed by atoms with Crippen molar-refractivity contribution in [2.24, 2.45) is 5.92 Å². The van der Waals surface area contributed by atoms with Gasteiger partial charge >= 0.3 is 0 Å². The first-order valence-electron chi connectivity index (χ1n) is 5.46. The largest absolute Gasteiger partial charge is 0.316 e. The van der Waals surface area contributed by atoms with Crippen molar-refractivity contribution in [2.45, 2.75) is 18.9 Å². The number of piperidine rings is 1. The monoisotopic (exact) mass is 442 g/mol. The Hall–Kier alpha value is 0.370. The topological polar surface area (TPSA) is 34.0 Å². The molecule has 1 fully saturated rings. The minimum atomic E-state index is 0.201. The van der Waals surface area contributed by atoms with Crippen molar-refractivity contribution in [3.05, 3.63) is 29.3 Å². The van der Waals surface area contributed by atoms with Gasteiger partial charge in [0.2, 0.25) is 0 Å². The van der Waals surface area contributed by atoms with Gasteiger partial charge in [0.25, 0.3) is 5.56 Å². The van der Waals surface area contributed by atoms with Gasteiger partial charge in [-0.1, -0.05) is 0 Å². The Morgan fingerprint density at radius 2 is 2.12 bits per heavy atom. The summed E-state index contributed by atoms with van der Waals surface area (Å²) < 4.78 is 4.11. The molecule has 0 aliphatic carbocycles. The number of pyridine rings is 1. The summed E-state index contributed by atoms with van der Waals surface area (Å²) >= 11 is 4.51. The van der Waals surface area contributed by atoms with Crippen molar-refractivity contribution in [3.63, 3.8) is 0 Å². The van der Waals surface area contributed by atoms with Crippen LogP contribution >= 0.6 is 45.2 Å². The van der Waals surface area contributed by atoms with E-state index in [1.54, 1.807) is 0 Å². The number of hydrogen-bond donors (Lipinski definition) is 1. The molecule has 2 aliphatic rings. The van der Waals surface area contributed by atoms with Gasteiger partial charge in [0, 0.05) is 28.3 Å². The summed E-state index contributed by atoms with van der Waals surface area (Å²) in [7, 11) is 0. The Bertz CT molecular complexity index is 497. The van der Waals surface area contributed by atoms with Crippen LogP contribution in [0.5, 0.6) is 0 Å². The second-order valence-electron chi connectivity index (χ2n) is 4.60. The molecule has 3 heterocycles. The van der Waals surface area contributed by atoms with Gasteiger partial charge in [-0.3, -0.25) is 4.79 Å². The summed E-state index contributed by atoms with van der Waals surface area (Å²) in [4.78, 5) is 12.1. The molecule has 1 aromatic heterocycles. The summed E-state index contributed by atoms with van der Waals surface area (Å²) in [6.07, 6.45) is 1.24. The van der Waals surface area contributed by atoms with Gasteiger partial charge in [-0.15, -0.1) is 0 Å². The Morgan fingerprint density at radius 3 is 2.94 bits per heavy atom. The van der Waals surface area contributed by atoms with Crippen LogP contribution < -0.4 is 10.9 Å². The average Bonchev–Trinajstić information content (AvgIpc) is 2.25. The second-order valence-corrected chi connectivity index (χ2v) is 6.92. The smallest absolute Gasteiger partial charge is 0.264 e. The van der Waals surface area contributed by atoms with E-state index in [-0.39, 0.29) is 5.56 Å². The summed E-state index contributed by atoms with van der Waals surface area (Å²) in [5, 5.41) is 3.47. The van der Waals surface area contributed by atoms with Crippen LogP contribution in [0.15, 0.2) is 10.9 Å². The predicted octanol–water partition coefficient (Wildman–Crippen LogP) is 1.76. The van der Waals surface area contributed by atoms with E-state index in [1.165, 1.54) is 15.7 Å². The summed E-state index contributed by atoms with van der Waals surface area (Å²) in [6.45, 7) is 2.97. The van der Waals surface area contributed by atoms with Crippen molar-refractivity contribution >= 4 is 45.2 Å². The Kier molecular flexibility index (Phi) is 3.03. The molecule has 3 nitrogen and oxygen atoms in total. The third-order valence-electron chi connectivity index (χ3n) is 3.51. The van der Waals surface area contributed by atoms with E-state index in [0.29, 0.717) is 11.8 Å². The van der Waals surface area contributed by atoms with E-state index in [0.717, 1.165) is 23.2 Å². The van der Waals surface area contributed by atoms with Gasteiger partial charge in [-0.25, -0.2) is 0 Å². The van der Waals surface area contributed by atoms with Crippen LogP contribution in [-0.2, 0) is 6.54 Å². The molecule has 3 rings (SSSR count). The number of aromatic nitrogens is 1. The van der Waals surface area contributed by atoms with Crippen LogP contribution in [0.25, 0.3) is 0 Å². The lowest BCUT2D eigenvalue weighted by molar-refractivity contribution is 0.255. The van der Waals surface area contributed by atoms with Crippen LogP contribution in [0.4, 0.5) is 0 Å². The van der Waals surface area contributed by atoms with Crippen LogP contribution in [-0.4, -0.2) is 17.7 Å². The van der Waals surface area contributed by atoms with Crippen molar-refractivity contribution in [3.8, 4) is 0 Å². The molecule has 2 bridgehead atoms. The first-order chi connectivity index (χ1) is 7.66. The van der Waals surface area contributed by atoms with Crippen molar-refractivity contribution in [1.82, 2.24) is 9.88 Å². The molecule has 0 spiro atoms. The van der Waals surface area contributed by atoms with E-state index in [9.17, 15) is 4.79 Å². The summed E-state index contributed by atoms with van der Waals surface area (Å²) in [5.41, 5.74) is 1.46. The van der Waals surface area contributed by atoms with Crippen LogP contribution in [0.1, 0.15) is 18.0 Å². The highest BCUT2D eigenvalue weighted by Gasteiger charge is 2.32. The van der Waals surface area contributed by atoms with Gasteiger partial charge in [0.05, 0.1) is 3.57 Å². The van der Waals surface area contributed by atoms with Crippen LogP contribution in [0.2, 0.25) is 0 Å². The number of rotatable bonds is 0. The van der Waals surface area contributed by atoms with Gasteiger partial charge in [0.1, 0.15) is 0 Å². The molecule has 0 radical (unpaired) electrons. The fourth-order valence-corrected chi connectivity index (χ4v) is 5.09. The molecule has 1 N–H and O–H groups in total. The minimum Gasteiger partial charge on any atom is -0.316 e. The van der Waals surface area contributed by atoms with E-state index in [1.807, 2.05) is 10.6 Å². The third-order valence-corrected chi connectivity index (χ3v) is 5.14. The lowest BCUT2D eigenvalue weighted by Gasteiger charge is -2.38. The Balaban J connectivity index is 2.23. The number of nitrogens with one attached hydrogen (secondary N) is 1. The van der Waals surface area contributed by atoms with Gasteiger partial charge in [0.15, 0.2) is 0 Å². The minimum absolute atomic E-state index is 0.201. The average molecular weight is 442 g/mol. The molecular weight excluding hydrogens is 430 g/mol. The first-order valence-corrected chi connectivity index (χ1v) is 7.62. The lowest BCUT2D eigenvalue weighted by Crippen LogP contribution is -2.45. The number of nitrogens with zero attached hydrogens (tertiary/aromatic N) is 1. The van der Waals surface area contributed by atoms with Crippen molar-refractivity contribution in [1.29, 1.82) is 0 Å². The fourth-order valence-electron chi connectivity index (χ4n) is 2.85. The number of fused-ring (bicyclic) bond motifs is 4. The highest BCUT2D eigenvalue weighted by atomic mass is 127. The molecule has 86 valence electrons. The maximum Gasteiger partial charge on any atom is 0.264 e. The molecule has 0 amide bonds. The molecule has 1 saturated heterocycles. The zero-order chi connectivity index (χ0) is 11.3. The molecule has 0 unspecified atom stereocenters. The van der Waals surface area contributed by atoms with Gasteiger partial charge < -0.3 is 9.88 Å². The number of halogens is 2. The zero-order valence-corrected chi connectivity index (χ0v) is 13.0. The van der Waals surface area contributed by atoms with E-state index >= 15 is 0 Å². The quantitative estimate of drug-likeness (QED) is 0.622. The molecule has 2 atom stereocenters. The van der Waals surface area contributed by atoms with Crippen LogP contribution in [0.3, 0.4) is 0 Å². The standard InChI is InChI=1S/C11H12I2N2O/c12-8-2-9(13)11(16)15-5-6-1-7(10(8)15)4-14-3-6/h2,6-7,14H,1,3-5H2/t6-,7+/m0/s1. The SMILES string of the molecule is O=c1c(I)cc(I)c2n1C[C@@H]1CNC[C@H]2C1. The second kappa shape index (κ2) is 4.24. The molecule has 16 heavy (non-hydrogen) atoms. The fraction of sp³-hybridized carbons (Fsp3) is 0.545. The van der Waals surface area contributed by atoms with Crippen LogP contribution in [0, 0.1) is 13.1 Å². The summed E-state index contributed by atoms with van der Waals surface area (Å²) in [5.74, 6) is 1.17. The normalized spacial score (nSPS) is 27.6. The molecular formula is C11H12I2N2O. The van der Waals surface area contributed by atoms with Gasteiger partial charge in [-0.05, 0) is 70.1 Å². The molecule has 0 aromatic carbocycles. The lowest BCUT2D eigenvalue weighted by atomic mass is 9.84. The van der Waals surface area contributed by atoms with E-state index in [4.69, 9.17) is 0 Å². The highest BCUT2D eigenvalue weighted by molar-refractivity contribution is 14.1. The zero-order valence-electron chi connectivity index (χ0n) is 8.67. The molecule has 0 saturated carbocycles. The molecule has 2 aliphatic heterocycles. The van der Waals surface area contributed by atoms with E-state index in [2.05, 4.69) is 50.5 Å². The maximum atomic E-state index is 12.1. The first kappa shape index (κ1) is 11.5. The predicted molar refractivity (Wildman–Crippen MR) is 79.9 cm³/mol. The molecule has 5 heteroatoms. The van der Waals surface area contributed by atoms with Crippen molar-refractivity contribution < 1.29 is 0 Å². The highest BCUT2D eigenvalue weighted by Crippen LogP contribution is 2.34. The number of hydrogen-bond acceptors (Lipinski definition) is 2. The third kappa shape index (κ3) is 1.74. The Morgan fingerprint density at radius 1 is 1.31 bits per heavy atom. The van der Waals surface area contributed by atoms with E-state index < -0.39 is 0 Å². The maximum absolute atomic E-state index is 12.1. The van der Waals surface area contributed by atoms with Crippen molar-refractivity contribution in [2.75, 3.05) is 13.1 Å². The molecule has 1 aromatic rings. The van der Waals surface area contributed by atoms with Gasteiger partial charge in [-0.2, -0.15) is 0 Å². The Labute approximate surface area is 121 Å². The summed E-state index contributed by atoms with van der Waals surface area (Å²) in [6, 6.07) is 2.02.